The summed E-state index contributed by atoms with van der Waals surface area (Å²) in [4.78, 5) is 4.73. The Morgan fingerprint density at radius 3 is 2.65 bits per heavy atom. The van der Waals surface area contributed by atoms with Crippen LogP contribution in [0.1, 0.15) is 17.3 Å². The fraction of sp³-hybridized carbons (Fsp3) is 0.188. The number of aromatic nitrogens is 2. The molecule has 0 saturated carbocycles. The minimum Gasteiger partial charge on any atom is -0.331 e. The number of imidazole rings is 1. The van der Waals surface area contributed by atoms with Crippen molar-refractivity contribution in [2.75, 3.05) is 6.54 Å². The lowest BCUT2D eigenvalue weighted by Gasteiger charge is -2.15. The molecule has 0 spiro atoms. The molecule has 3 rings (SSSR count). The van der Waals surface area contributed by atoms with Gasteiger partial charge in [-0.25, -0.2) is 4.98 Å². The van der Waals surface area contributed by atoms with E-state index in [0.29, 0.717) is 6.54 Å². The number of aryl methyl sites for hydroxylation is 1. The molecule has 1 aromatic heterocycles. The Labute approximate surface area is 123 Å². The van der Waals surface area contributed by atoms with E-state index < -0.39 is 0 Å². The van der Waals surface area contributed by atoms with Crippen LogP contribution in [0.25, 0.3) is 11.0 Å². The van der Waals surface area contributed by atoms with Crippen molar-refractivity contribution in [1.82, 2.24) is 9.55 Å². The van der Waals surface area contributed by atoms with Crippen LogP contribution in [0.5, 0.6) is 0 Å². The Kier molecular flexibility index (Phi) is 3.47. The normalized spacial score (nSPS) is 12.8. The molecule has 2 N–H and O–H groups in total. The van der Waals surface area contributed by atoms with Crippen molar-refractivity contribution in [3.05, 3.63) is 64.9 Å². The van der Waals surface area contributed by atoms with Gasteiger partial charge in [0.25, 0.3) is 0 Å². The maximum atomic E-state index is 6.06. The molecule has 3 nitrogen and oxygen atoms in total. The molecule has 0 aliphatic heterocycles. The predicted molar refractivity (Wildman–Crippen MR) is 83.1 cm³/mol. The van der Waals surface area contributed by atoms with Crippen molar-refractivity contribution < 1.29 is 0 Å². The van der Waals surface area contributed by atoms with Crippen LogP contribution in [0, 0.1) is 0 Å². The van der Waals surface area contributed by atoms with Gasteiger partial charge in [0.2, 0.25) is 0 Å². The third-order valence-electron chi connectivity index (χ3n) is 3.63. The number of halogens is 1. The summed E-state index contributed by atoms with van der Waals surface area (Å²) in [6.45, 7) is 0.523. The summed E-state index contributed by atoms with van der Waals surface area (Å²) in [7, 11) is 2.01. The van der Waals surface area contributed by atoms with E-state index >= 15 is 0 Å². The predicted octanol–water partition coefficient (Wildman–Crippen LogP) is 3.32. The fourth-order valence-corrected chi connectivity index (χ4v) is 2.74. The lowest BCUT2D eigenvalue weighted by Crippen LogP contribution is -2.17. The van der Waals surface area contributed by atoms with Crippen molar-refractivity contribution in [2.45, 2.75) is 5.92 Å². The van der Waals surface area contributed by atoms with Crippen molar-refractivity contribution in [1.29, 1.82) is 0 Å². The number of benzene rings is 2. The number of nitrogens with zero attached hydrogens (tertiary/aromatic N) is 2. The quantitative estimate of drug-likeness (QED) is 0.802. The number of nitrogens with two attached hydrogens (primary N) is 1. The van der Waals surface area contributed by atoms with Crippen molar-refractivity contribution >= 4 is 22.6 Å². The molecule has 4 heteroatoms. The average Bonchev–Trinajstić information content (AvgIpc) is 2.78. The van der Waals surface area contributed by atoms with Crippen LogP contribution in [0.15, 0.2) is 48.5 Å². The fourth-order valence-electron chi connectivity index (χ4n) is 2.57. The first-order valence-corrected chi connectivity index (χ1v) is 6.95. The molecule has 1 heterocycles. The monoisotopic (exact) mass is 285 g/mol. The van der Waals surface area contributed by atoms with Gasteiger partial charge in [-0.15, -0.1) is 0 Å². The van der Waals surface area contributed by atoms with E-state index in [1.165, 1.54) is 5.56 Å². The van der Waals surface area contributed by atoms with Gasteiger partial charge in [0.15, 0.2) is 0 Å². The molecule has 102 valence electrons. The van der Waals surface area contributed by atoms with E-state index in [4.69, 9.17) is 22.3 Å². The van der Waals surface area contributed by atoms with Gasteiger partial charge >= 0.3 is 0 Å². The highest BCUT2D eigenvalue weighted by Crippen LogP contribution is 2.27. The van der Waals surface area contributed by atoms with Crippen LogP contribution >= 0.6 is 11.6 Å². The molecular formula is C16H16ClN3. The SMILES string of the molecule is Cn1c(C(CN)c2ccccc2)nc2ccc(Cl)cc21. The number of hydrogen-bond acceptors (Lipinski definition) is 2. The Hall–Kier alpha value is -1.84. The maximum absolute atomic E-state index is 6.06. The summed E-state index contributed by atoms with van der Waals surface area (Å²) in [5.74, 6) is 1.06. The van der Waals surface area contributed by atoms with Crippen LogP contribution in [0.2, 0.25) is 5.02 Å². The van der Waals surface area contributed by atoms with E-state index in [-0.39, 0.29) is 5.92 Å². The molecule has 20 heavy (non-hydrogen) atoms. The maximum Gasteiger partial charge on any atom is 0.118 e. The van der Waals surface area contributed by atoms with E-state index in [1.54, 1.807) is 0 Å². The van der Waals surface area contributed by atoms with E-state index in [0.717, 1.165) is 21.9 Å². The molecule has 0 saturated heterocycles. The zero-order valence-electron chi connectivity index (χ0n) is 11.3. The molecule has 3 aromatic rings. The van der Waals surface area contributed by atoms with Crippen LogP contribution in [0.3, 0.4) is 0 Å². The smallest absolute Gasteiger partial charge is 0.118 e. The van der Waals surface area contributed by atoms with Gasteiger partial charge in [-0.1, -0.05) is 41.9 Å². The van der Waals surface area contributed by atoms with Crippen LogP contribution in [0.4, 0.5) is 0 Å². The Balaban J connectivity index is 2.15. The topological polar surface area (TPSA) is 43.8 Å². The summed E-state index contributed by atoms with van der Waals surface area (Å²) >= 11 is 6.06. The zero-order chi connectivity index (χ0) is 14.1. The average molecular weight is 286 g/mol. The van der Waals surface area contributed by atoms with E-state index in [1.807, 2.05) is 43.4 Å². The van der Waals surface area contributed by atoms with Gasteiger partial charge in [0, 0.05) is 18.6 Å². The molecular weight excluding hydrogens is 270 g/mol. The Morgan fingerprint density at radius 1 is 1.20 bits per heavy atom. The second-order valence-electron chi connectivity index (χ2n) is 4.86. The molecule has 0 bridgehead atoms. The van der Waals surface area contributed by atoms with Crippen molar-refractivity contribution in [2.24, 2.45) is 12.8 Å². The first-order chi connectivity index (χ1) is 9.70. The van der Waals surface area contributed by atoms with Gasteiger partial charge < -0.3 is 10.3 Å². The van der Waals surface area contributed by atoms with E-state index in [2.05, 4.69) is 16.7 Å². The molecule has 1 atom stereocenters. The summed E-state index contributed by atoms with van der Waals surface area (Å²) in [6, 6.07) is 16.0. The van der Waals surface area contributed by atoms with Gasteiger partial charge in [0.05, 0.1) is 17.0 Å². The van der Waals surface area contributed by atoms with Gasteiger partial charge in [-0.05, 0) is 23.8 Å². The highest BCUT2D eigenvalue weighted by Gasteiger charge is 2.19. The first kappa shape index (κ1) is 13.2. The molecule has 0 aliphatic carbocycles. The number of hydrogen-bond donors (Lipinski definition) is 1. The van der Waals surface area contributed by atoms with Crippen molar-refractivity contribution in [3.63, 3.8) is 0 Å². The zero-order valence-corrected chi connectivity index (χ0v) is 12.0. The minimum absolute atomic E-state index is 0.0902. The third kappa shape index (κ3) is 2.19. The minimum atomic E-state index is 0.0902. The lowest BCUT2D eigenvalue weighted by molar-refractivity contribution is 0.708. The second-order valence-corrected chi connectivity index (χ2v) is 5.30. The Morgan fingerprint density at radius 2 is 1.95 bits per heavy atom. The molecule has 1 unspecified atom stereocenters. The first-order valence-electron chi connectivity index (χ1n) is 6.57. The summed E-state index contributed by atoms with van der Waals surface area (Å²) in [5, 5.41) is 0.719. The van der Waals surface area contributed by atoms with Gasteiger partial charge in [-0.2, -0.15) is 0 Å². The third-order valence-corrected chi connectivity index (χ3v) is 3.86. The van der Waals surface area contributed by atoms with Crippen molar-refractivity contribution in [3.8, 4) is 0 Å². The highest BCUT2D eigenvalue weighted by molar-refractivity contribution is 6.31. The summed E-state index contributed by atoms with van der Waals surface area (Å²) < 4.78 is 2.08. The van der Waals surface area contributed by atoms with Gasteiger partial charge in [0.1, 0.15) is 5.82 Å². The molecule has 0 aliphatic rings. The number of fused-ring (bicyclic) bond motifs is 1. The summed E-state index contributed by atoms with van der Waals surface area (Å²) in [5.41, 5.74) is 9.13. The summed E-state index contributed by atoms with van der Waals surface area (Å²) in [6.07, 6.45) is 0. The molecule has 0 radical (unpaired) electrons. The van der Waals surface area contributed by atoms with Crippen LogP contribution in [-0.2, 0) is 7.05 Å². The second kappa shape index (κ2) is 5.27. The molecule has 0 fully saturated rings. The highest BCUT2D eigenvalue weighted by atomic mass is 35.5. The largest absolute Gasteiger partial charge is 0.331 e. The number of rotatable bonds is 3. The van der Waals surface area contributed by atoms with Gasteiger partial charge in [-0.3, -0.25) is 0 Å². The molecule has 2 aromatic carbocycles. The Bertz CT molecular complexity index is 734. The van der Waals surface area contributed by atoms with E-state index in [9.17, 15) is 0 Å². The lowest BCUT2D eigenvalue weighted by atomic mass is 9.98. The standard InChI is InChI=1S/C16H16ClN3/c1-20-15-9-12(17)7-8-14(15)19-16(20)13(10-18)11-5-3-2-4-6-11/h2-9,13H,10,18H2,1H3. The van der Waals surface area contributed by atoms with Crippen LogP contribution < -0.4 is 5.73 Å². The van der Waals surface area contributed by atoms with Crippen LogP contribution in [-0.4, -0.2) is 16.1 Å². The molecule has 0 amide bonds.